The van der Waals surface area contributed by atoms with Crippen molar-refractivity contribution in [1.29, 1.82) is 0 Å². The van der Waals surface area contributed by atoms with Crippen LogP contribution in [0.5, 0.6) is 17.2 Å². The number of rotatable bonds is 8. The fourth-order valence-electron chi connectivity index (χ4n) is 2.91. The van der Waals surface area contributed by atoms with E-state index < -0.39 is 0 Å². The summed E-state index contributed by atoms with van der Waals surface area (Å²) in [6, 6.07) is 11.3. The highest BCUT2D eigenvalue weighted by Crippen LogP contribution is 2.35. The number of thiocarbonyl (C=S) groups is 1. The smallest absolute Gasteiger partial charge is 0.266 e. The van der Waals surface area contributed by atoms with Gasteiger partial charge < -0.3 is 20.3 Å². The SMILES string of the molecule is CCOc1ccc(NC(=O)CCCN2C(=O)/C(=C/c3ccc(O)cc3O)SC2=S)cc1. The predicted molar refractivity (Wildman–Crippen MR) is 125 cm³/mol. The molecule has 0 aliphatic carbocycles. The van der Waals surface area contributed by atoms with Crippen molar-refractivity contribution in [2.24, 2.45) is 0 Å². The summed E-state index contributed by atoms with van der Waals surface area (Å²) >= 11 is 6.43. The van der Waals surface area contributed by atoms with Gasteiger partial charge in [0.1, 0.15) is 21.6 Å². The molecule has 3 rings (SSSR count). The van der Waals surface area contributed by atoms with E-state index >= 15 is 0 Å². The molecule has 2 amide bonds. The Kier molecular flexibility index (Phi) is 7.54. The molecule has 9 heteroatoms. The summed E-state index contributed by atoms with van der Waals surface area (Å²) < 4.78 is 5.78. The van der Waals surface area contributed by atoms with E-state index in [1.807, 2.05) is 6.92 Å². The fraction of sp³-hybridized carbons (Fsp3) is 0.227. The summed E-state index contributed by atoms with van der Waals surface area (Å²) in [5.74, 6) is 0.124. The maximum Gasteiger partial charge on any atom is 0.266 e. The van der Waals surface area contributed by atoms with Gasteiger partial charge in [-0.3, -0.25) is 14.5 Å². The number of phenols is 2. The van der Waals surface area contributed by atoms with Crippen LogP contribution in [-0.4, -0.2) is 44.4 Å². The topological polar surface area (TPSA) is 99.1 Å². The fourth-order valence-corrected chi connectivity index (χ4v) is 4.21. The second kappa shape index (κ2) is 10.3. The van der Waals surface area contributed by atoms with Gasteiger partial charge in [-0.15, -0.1) is 0 Å². The molecule has 1 saturated heterocycles. The van der Waals surface area contributed by atoms with Crippen molar-refractivity contribution >= 4 is 51.9 Å². The molecule has 1 heterocycles. The molecule has 31 heavy (non-hydrogen) atoms. The summed E-state index contributed by atoms with van der Waals surface area (Å²) in [5.41, 5.74) is 1.09. The van der Waals surface area contributed by atoms with Gasteiger partial charge in [0.15, 0.2) is 0 Å². The first kappa shape index (κ1) is 22.6. The lowest BCUT2D eigenvalue weighted by atomic mass is 10.1. The summed E-state index contributed by atoms with van der Waals surface area (Å²) in [4.78, 5) is 26.7. The molecule has 0 aromatic heterocycles. The minimum Gasteiger partial charge on any atom is -0.508 e. The van der Waals surface area contributed by atoms with Crippen molar-refractivity contribution in [2.45, 2.75) is 19.8 Å². The maximum absolute atomic E-state index is 12.7. The van der Waals surface area contributed by atoms with Crippen molar-refractivity contribution in [2.75, 3.05) is 18.5 Å². The summed E-state index contributed by atoms with van der Waals surface area (Å²) in [6.07, 6.45) is 2.22. The number of benzene rings is 2. The highest BCUT2D eigenvalue weighted by molar-refractivity contribution is 8.26. The zero-order valence-corrected chi connectivity index (χ0v) is 18.5. The van der Waals surface area contributed by atoms with Gasteiger partial charge in [0.05, 0.1) is 11.5 Å². The first-order chi connectivity index (χ1) is 14.9. The van der Waals surface area contributed by atoms with Crippen LogP contribution >= 0.6 is 24.0 Å². The second-order valence-electron chi connectivity index (χ2n) is 6.69. The Bertz CT molecular complexity index is 1020. The van der Waals surface area contributed by atoms with Crippen molar-refractivity contribution in [1.82, 2.24) is 4.90 Å². The van der Waals surface area contributed by atoms with Crippen LogP contribution in [0.1, 0.15) is 25.3 Å². The second-order valence-corrected chi connectivity index (χ2v) is 8.36. The number of hydrogen-bond donors (Lipinski definition) is 3. The molecular formula is C22H22N2O5S2. The molecule has 0 atom stereocenters. The van der Waals surface area contributed by atoms with Crippen LogP contribution in [0.4, 0.5) is 5.69 Å². The van der Waals surface area contributed by atoms with Crippen molar-refractivity contribution in [3.05, 3.63) is 52.9 Å². The Labute approximate surface area is 189 Å². The van der Waals surface area contributed by atoms with Gasteiger partial charge in [0, 0.05) is 30.3 Å². The van der Waals surface area contributed by atoms with Crippen molar-refractivity contribution in [3.8, 4) is 17.2 Å². The summed E-state index contributed by atoms with van der Waals surface area (Å²) in [6.45, 7) is 2.80. The monoisotopic (exact) mass is 458 g/mol. The van der Waals surface area contributed by atoms with Crippen LogP contribution in [0.15, 0.2) is 47.4 Å². The number of phenolic OH excluding ortho intramolecular Hbond substituents is 2. The number of nitrogens with zero attached hydrogens (tertiary/aromatic N) is 1. The van der Waals surface area contributed by atoms with Crippen molar-refractivity contribution < 1.29 is 24.5 Å². The van der Waals surface area contributed by atoms with Gasteiger partial charge in [-0.05, 0) is 55.8 Å². The highest BCUT2D eigenvalue weighted by Gasteiger charge is 2.31. The van der Waals surface area contributed by atoms with Crippen LogP contribution in [0, 0.1) is 0 Å². The third-order valence-corrected chi connectivity index (χ3v) is 5.79. The predicted octanol–water partition coefficient (Wildman–Crippen LogP) is 4.12. The van der Waals surface area contributed by atoms with Gasteiger partial charge in [0.2, 0.25) is 5.91 Å². The van der Waals surface area contributed by atoms with E-state index in [1.165, 1.54) is 29.2 Å². The molecule has 0 unspecified atom stereocenters. The zero-order chi connectivity index (χ0) is 22.4. The number of thioether (sulfide) groups is 1. The number of anilines is 1. The van der Waals surface area contributed by atoms with Gasteiger partial charge in [-0.25, -0.2) is 0 Å². The standard InChI is InChI=1S/C22H22N2O5S2/c1-2-29-17-9-6-15(7-10-17)23-20(27)4-3-11-24-21(28)19(31-22(24)30)12-14-5-8-16(25)13-18(14)26/h5-10,12-13,25-26H,2-4,11H2,1H3,(H,23,27)/b19-12-. The van der Waals surface area contributed by atoms with E-state index in [0.29, 0.717) is 40.0 Å². The van der Waals surface area contributed by atoms with Crippen LogP contribution in [-0.2, 0) is 9.59 Å². The Balaban J connectivity index is 1.52. The Morgan fingerprint density at radius 2 is 1.97 bits per heavy atom. The normalized spacial score (nSPS) is 14.9. The number of hydrogen-bond acceptors (Lipinski definition) is 7. The van der Waals surface area contributed by atoms with E-state index in [0.717, 1.165) is 17.5 Å². The molecule has 1 fully saturated rings. The third-order valence-electron chi connectivity index (χ3n) is 4.41. The van der Waals surface area contributed by atoms with Crippen LogP contribution in [0.25, 0.3) is 6.08 Å². The van der Waals surface area contributed by atoms with E-state index in [9.17, 15) is 19.8 Å². The number of aromatic hydroxyl groups is 2. The van der Waals surface area contributed by atoms with Crippen LogP contribution < -0.4 is 10.1 Å². The molecule has 0 saturated carbocycles. The molecule has 0 bridgehead atoms. The molecule has 1 aliphatic rings. The maximum atomic E-state index is 12.7. The van der Waals surface area contributed by atoms with E-state index in [2.05, 4.69) is 5.32 Å². The molecular weight excluding hydrogens is 436 g/mol. The minimum atomic E-state index is -0.269. The van der Waals surface area contributed by atoms with E-state index in [-0.39, 0.29) is 29.7 Å². The first-order valence-corrected chi connectivity index (χ1v) is 10.9. The molecule has 0 radical (unpaired) electrons. The van der Waals surface area contributed by atoms with Crippen LogP contribution in [0.2, 0.25) is 0 Å². The Morgan fingerprint density at radius 3 is 2.65 bits per heavy atom. The van der Waals surface area contributed by atoms with Crippen molar-refractivity contribution in [3.63, 3.8) is 0 Å². The quantitative estimate of drug-likeness (QED) is 0.404. The lowest BCUT2D eigenvalue weighted by molar-refractivity contribution is -0.122. The lowest BCUT2D eigenvalue weighted by Crippen LogP contribution is -2.29. The lowest BCUT2D eigenvalue weighted by Gasteiger charge is -2.14. The summed E-state index contributed by atoms with van der Waals surface area (Å²) in [5, 5.41) is 22.1. The third kappa shape index (κ3) is 5.99. The number of amides is 2. The van der Waals surface area contributed by atoms with Gasteiger partial charge >= 0.3 is 0 Å². The zero-order valence-electron chi connectivity index (χ0n) is 16.8. The highest BCUT2D eigenvalue weighted by atomic mass is 32.2. The molecule has 7 nitrogen and oxygen atoms in total. The number of ether oxygens (including phenoxy) is 1. The average molecular weight is 459 g/mol. The minimum absolute atomic E-state index is 0.0642. The summed E-state index contributed by atoms with van der Waals surface area (Å²) in [7, 11) is 0. The van der Waals surface area contributed by atoms with Gasteiger partial charge in [0.25, 0.3) is 5.91 Å². The average Bonchev–Trinajstić information content (AvgIpc) is 2.99. The molecule has 0 spiro atoms. The van der Waals surface area contributed by atoms with E-state index in [1.54, 1.807) is 24.3 Å². The Morgan fingerprint density at radius 1 is 1.23 bits per heavy atom. The van der Waals surface area contributed by atoms with Gasteiger partial charge in [-0.2, -0.15) is 0 Å². The Hall–Kier alpha value is -3.04. The van der Waals surface area contributed by atoms with Gasteiger partial charge in [-0.1, -0.05) is 24.0 Å². The molecule has 2 aromatic rings. The largest absolute Gasteiger partial charge is 0.508 e. The number of nitrogens with one attached hydrogen (secondary N) is 1. The number of carbonyl (C=O) groups excluding carboxylic acids is 2. The van der Waals surface area contributed by atoms with E-state index in [4.69, 9.17) is 17.0 Å². The molecule has 1 aliphatic heterocycles. The van der Waals surface area contributed by atoms with Crippen LogP contribution in [0.3, 0.4) is 0 Å². The molecule has 3 N–H and O–H groups in total. The molecule has 162 valence electrons. The first-order valence-electron chi connectivity index (χ1n) is 9.67. The molecule has 2 aromatic carbocycles. The number of carbonyl (C=O) groups is 2.